The lowest BCUT2D eigenvalue weighted by molar-refractivity contribution is 0.0682. The third-order valence-corrected chi connectivity index (χ3v) is 4.87. The smallest absolute Gasteiger partial charge is 0.322 e. The van der Waals surface area contributed by atoms with E-state index in [4.69, 9.17) is 9.47 Å². The van der Waals surface area contributed by atoms with E-state index in [0.29, 0.717) is 31.1 Å². The van der Waals surface area contributed by atoms with Crippen LogP contribution in [0.15, 0.2) is 18.2 Å². The lowest BCUT2D eigenvalue weighted by Gasteiger charge is -2.27. The first-order valence-corrected chi connectivity index (χ1v) is 9.05. The first kappa shape index (κ1) is 16.4. The van der Waals surface area contributed by atoms with E-state index >= 15 is 0 Å². The Morgan fingerprint density at radius 3 is 3.00 bits per heavy atom. The lowest BCUT2D eigenvalue weighted by Crippen LogP contribution is -2.40. The molecule has 2 amide bonds. The van der Waals surface area contributed by atoms with Gasteiger partial charge in [-0.2, -0.15) is 11.8 Å². The third-order valence-electron chi connectivity index (χ3n) is 3.93. The molecule has 1 N–H and O–H groups in total. The van der Waals surface area contributed by atoms with Crippen molar-refractivity contribution in [3.63, 3.8) is 0 Å². The normalized spacial score (nSPS) is 21.3. The van der Waals surface area contributed by atoms with Gasteiger partial charge in [0.25, 0.3) is 0 Å². The van der Waals surface area contributed by atoms with E-state index < -0.39 is 5.82 Å². The Morgan fingerprint density at radius 1 is 1.43 bits per heavy atom. The number of halogens is 1. The van der Waals surface area contributed by atoms with Crippen LogP contribution in [0.3, 0.4) is 0 Å². The SMILES string of the molecule is O=C(Nc1cc(F)ccc1OCC1CCCO1)N1CCSCC1. The van der Waals surface area contributed by atoms with Gasteiger partial charge in [0.05, 0.1) is 11.8 Å². The zero-order valence-electron chi connectivity index (χ0n) is 12.9. The van der Waals surface area contributed by atoms with E-state index in [-0.39, 0.29) is 12.1 Å². The van der Waals surface area contributed by atoms with Crippen LogP contribution in [0.1, 0.15) is 12.8 Å². The summed E-state index contributed by atoms with van der Waals surface area (Å²) in [5.74, 6) is 1.93. The van der Waals surface area contributed by atoms with Crippen molar-refractivity contribution < 1.29 is 18.7 Å². The molecule has 0 saturated carbocycles. The van der Waals surface area contributed by atoms with E-state index in [1.54, 1.807) is 11.0 Å². The molecule has 2 aliphatic rings. The summed E-state index contributed by atoms with van der Waals surface area (Å²) in [4.78, 5) is 14.0. The van der Waals surface area contributed by atoms with E-state index in [1.807, 2.05) is 11.8 Å². The zero-order valence-corrected chi connectivity index (χ0v) is 13.7. The van der Waals surface area contributed by atoms with Gasteiger partial charge in [-0.1, -0.05) is 0 Å². The summed E-state index contributed by atoms with van der Waals surface area (Å²) in [6, 6.07) is 3.96. The Kier molecular flexibility index (Phi) is 5.61. The number of hydrogen-bond donors (Lipinski definition) is 1. The number of hydrogen-bond acceptors (Lipinski definition) is 4. The summed E-state index contributed by atoms with van der Waals surface area (Å²) in [5.41, 5.74) is 0.367. The maximum absolute atomic E-state index is 13.5. The van der Waals surface area contributed by atoms with E-state index in [1.165, 1.54) is 12.1 Å². The maximum Gasteiger partial charge on any atom is 0.322 e. The maximum atomic E-state index is 13.5. The minimum absolute atomic E-state index is 0.0720. The molecule has 2 fully saturated rings. The number of carbonyl (C=O) groups excluding carboxylic acids is 1. The summed E-state index contributed by atoms with van der Waals surface area (Å²) >= 11 is 1.83. The van der Waals surface area contributed by atoms with Crippen molar-refractivity contribution in [3.05, 3.63) is 24.0 Å². The van der Waals surface area contributed by atoms with Crippen molar-refractivity contribution >= 4 is 23.5 Å². The predicted octanol–water partition coefficient (Wildman–Crippen LogP) is 2.96. The second kappa shape index (κ2) is 7.88. The molecule has 2 aliphatic heterocycles. The van der Waals surface area contributed by atoms with Gasteiger partial charge in [-0.3, -0.25) is 0 Å². The highest BCUT2D eigenvalue weighted by atomic mass is 32.2. The average Bonchev–Trinajstić information content (AvgIpc) is 3.08. The zero-order chi connectivity index (χ0) is 16.1. The largest absolute Gasteiger partial charge is 0.489 e. The van der Waals surface area contributed by atoms with Gasteiger partial charge in [-0.25, -0.2) is 9.18 Å². The summed E-state index contributed by atoms with van der Waals surface area (Å²) in [7, 11) is 0. The van der Waals surface area contributed by atoms with Crippen LogP contribution >= 0.6 is 11.8 Å². The number of ether oxygens (including phenoxy) is 2. The van der Waals surface area contributed by atoms with Crippen LogP contribution in [0.4, 0.5) is 14.9 Å². The van der Waals surface area contributed by atoms with Gasteiger partial charge in [0.2, 0.25) is 0 Å². The summed E-state index contributed by atoms with van der Waals surface area (Å²) < 4.78 is 24.8. The molecule has 0 bridgehead atoms. The number of urea groups is 1. The topological polar surface area (TPSA) is 50.8 Å². The molecule has 23 heavy (non-hydrogen) atoms. The fourth-order valence-electron chi connectivity index (χ4n) is 2.64. The molecule has 126 valence electrons. The van der Waals surface area contributed by atoms with Crippen LogP contribution in [0.5, 0.6) is 5.75 Å². The summed E-state index contributed by atoms with van der Waals surface area (Å²) in [6.07, 6.45) is 2.07. The third kappa shape index (κ3) is 4.51. The molecule has 1 unspecified atom stereocenters. The Bertz CT molecular complexity index is 546. The summed E-state index contributed by atoms with van der Waals surface area (Å²) in [5, 5.41) is 2.77. The van der Waals surface area contributed by atoms with Crippen molar-refractivity contribution in [2.45, 2.75) is 18.9 Å². The number of nitrogens with one attached hydrogen (secondary N) is 1. The van der Waals surface area contributed by atoms with Crippen molar-refractivity contribution in [3.8, 4) is 5.75 Å². The van der Waals surface area contributed by atoms with Crippen LogP contribution in [-0.2, 0) is 4.74 Å². The molecule has 0 radical (unpaired) electrons. The number of rotatable bonds is 4. The fourth-order valence-corrected chi connectivity index (χ4v) is 3.55. The minimum Gasteiger partial charge on any atom is -0.489 e. The second-order valence-corrected chi connectivity index (χ2v) is 6.84. The molecule has 1 aromatic carbocycles. The molecule has 1 aromatic rings. The molecule has 7 heteroatoms. The van der Waals surface area contributed by atoms with Gasteiger partial charge in [0.15, 0.2) is 0 Å². The fraction of sp³-hybridized carbons (Fsp3) is 0.562. The van der Waals surface area contributed by atoms with Crippen LogP contribution in [0.25, 0.3) is 0 Å². The first-order chi connectivity index (χ1) is 11.2. The molecular formula is C16H21FN2O3S. The highest BCUT2D eigenvalue weighted by Gasteiger charge is 2.20. The van der Waals surface area contributed by atoms with Crippen LogP contribution in [-0.4, -0.2) is 54.8 Å². The van der Waals surface area contributed by atoms with Crippen molar-refractivity contribution in [1.29, 1.82) is 0 Å². The summed E-state index contributed by atoms with van der Waals surface area (Å²) in [6.45, 7) is 2.58. The average molecular weight is 340 g/mol. The van der Waals surface area contributed by atoms with Crippen LogP contribution in [0, 0.1) is 5.82 Å². The Morgan fingerprint density at radius 2 is 2.26 bits per heavy atom. The monoisotopic (exact) mass is 340 g/mol. The quantitative estimate of drug-likeness (QED) is 0.915. The van der Waals surface area contributed by atoms with Gasteiger partial charge in [0.1, 0.15) is 18.2 Å². The lowest BCUT2D eigenvalue weighted by atomic mass is 10.2. The van der Waals surface area contributed by atoms with Crippen molar-refractivity contribution in [1.82, 2.24) is 4.90 Å². The molecule has 3 rings (SSSR count). The molecule has 0 spiro atoms. The van der Waals surface area contributed by atoms with Crippen molar-refractivity contribution in [2.75, 3.05) is 43.1 Å². The van der Waals surface area contributed by atoms with E-state index in [9.17, 15) is 9.18 Å². The molecule has 0 aliphatic carbocycles. The number of amides is 2. The number of benzene rings is 1. The van der Waals surface area contributed by atoms with E-state index in [0.717, 1.165) is 31.0 Å². The number of thioether (sulfide) groups is 1. The second-order valence-electron chi connectivity index (χ2n) is 5.62. The number of anilines is 1. The number of nitrogens with zero attached hydrogens (tertiary/aromatic N) is 1. The number of carbonyl (C=O) groups is 1. The van der Waals surface area contributed by atoms with Gasteiger partial charge >= 0.3 is 6.03 Å². The van der Waals surface area contributed by atoms with Crippen LogP contribution < -0.4 is 10.1 Å². The minimum atomic E-state index is -0.404. The predicted molar refractivity (Wildman–Crippen MR) is 88.8 cm³/mol. The van der Waals surface area contributed by atoms with Gasteiger partial charge in [-0.15, -0.1) is 0 Å². The molecule has 2 saturated heterocycles. The molecule has 5 nitrogen and oxygen atoms in total. The molecule has 0 aromatic heterocycles. The molecule has 1 atom stereocenters. The Labute approximate surface area is 139 Å². The Balaban J connectivity index is 1.64. The van der Waals surface area contributed by atoms with Gasteiger partial charge in [-0.05, 0) is 25.0 Å². The van der Waals surface area contributed by atoms with Gasteiger partial charge < -0.3 is 19.7 Å². The first-order valence-electron chi connectivity index (χ1n) is 7.90. The molecule has 2 heterocycles. The van der Waals surface area contributed by atoms with Crippen LogP contribution in [0.2, 0.25) is 0 Å². The van der Waals surface area contributed by atoms with E-state index in [2.05, 4.69) is 5.32 Å². The Hall–Kier alpha value is -1.47. The van der Waals surface area contributed by atoms with Crippen molar-refractivity contribution in [2.24, 2.45) is 0 Å². The van der Waals surface area contributed by atoms with Gasteiger partial charge in [0, 0.05) is 37.3 Å². The molecular weight excluding hydrogens is 319 g/mol. The highest BCUT2D eigenvalue weighted by molar-refractivity contribution is 7.99. The highest BCUT2D eigenvalue weighted by Crippen LogP contribution is 2.27. The standard InChI is InChI=1S/C16H21FN2O3S/c17-12-3-4-15(22-11-13-2-1-7-21-13)14(10-12)18-16(20)19-5-8-23-9-6-19/h3-4,10,13H,1-2,5-9,11H2,(H,18,20).